The van der Waals surface area contributed by atoms with E-state index in [2.05, 4.69) is 10.2 Å². The molecular weight excluding hydrogens is 383 g/mol. The van der Waals surface area contributed by atoms with E-state index < -0.39 is 5.82 Å². The zero-order chi connectivity index (χ0) is 19.0. The molecule has 154 valence electrons. The third-order valence-electron chi connectivity index (χ3n) is 6.01. The van der Waals surface area contributed by atoms with Crippen LogP contribution in [0.1, 0.15) is 18.4 Å². The molecule has 1 N–H and O–H groups in total. The summed E-state index contributed by atoms with van der Waals surface area (Å²) in [6.45, 7) is 7.61. The van der Waals surface area contributed by atoms with Crippen molar-refractivity contribution in [1.29, 1.82) is 0 Å². The van der Waals surface area contributed by atoms with Gasteiger partial charge in [0.25, 0.3) is 0 Å². The molecule has 3 aliphatic rings. The quantitative estimate of drug-likeness (QED) is 0.818. The molecule has 0 aromatic heterocycles. The van der Waals surface area contributed by atoms with E-state index in [9.17, 15) is 14.0 Å². The van der Waals surface area contributed by atoms with Gasteiger partial charge in [-0.1, -0.05) is 6.07 Å². The van der Waals surface area contributed by atoms with Crippen LogP contribution in [-0.2, 0) is 9.59 Å². The summed E-state index contributed by atoms with van der Waals surface area (Å²) in [5.41, 5.74) is 1.09. The Balaban J connectivity index is 0.00000225. The monoisotopic (exact) mass is 410 g/mol. The Morgan fingerprint density at radius 1 is 1.18 bits per heavy atom. The first-order valence-electron chi connectivity index (χ1n) is 9.83. The van der Waals surface area contributed by atoms with Crippen LogP contribution >= 0.6 is 12.4 Å². The molecule has 1 aromatic carbocycles. The summed E-state index contributed by atoms with van der Waals surface area (Å²) in [5, 5.41) is 3.35. The SMILES string of the molecule is Cc1ccc(N2CC(C(=O)N3CCC(N4CCNCC4)C3)CC2=O)c(F)c1.Cl. The van der Waals surface area contributed by atoms with E-state index in [1.165, 1.54) is 11.0 Å². The Kier molecular flexibility index (Phi) is 6.58. The molecule has 3 saturated heterocycles. The maximum atomic E-state index is 14.3. The molecule has 0 saturated carbocycles. The van der Waals surface area contributed by atoms with Crippen LogP contribution in [0.5, 0.6) is 0 Å². The van der Waals surface area contributed by atoms with Crippen molar-refractivity contribution in [2.45, 2.75) is 25.8 Å². The lowest BCUT2D eigenvalue weighted by atomic mass is 10.1. The van der Waals surface area contributed by atoms with Crippen LogP contribution in [0.15, 0.2) is 18.2 Å². The van der Waals surface area contributed by atoms with Crippen LogP contribution in [0.2, 0.25) is 0 Å². The van der Waals surface area contributed by atoms with Crippen molar-refractivity contribution < 1.29 is 14.0 Å². The lowest BCUT2D eigenvalue weighted by Crippen LogP contribution is -2.49. The van der Waals surface area contributed by atoms with Gasteiger partial charge in [-0.25, -0.2) is 4.39 Å². The summed E-state index contributed by atoms with van der Waals surface area (Å²) >= 11 is 0. The van der Waals surface area contributed by atoms with Crippen molar-refractivity contribution in [2.75, 3.05) is 50.7 Å². The number of hydrogen-bond donors (Lipinski definition) is 1. The van der Waals surface area contributed by atoms with Gasteiger partial charge in [0.1, 0.15) is 5.82 Å². The Hall–Kier alpha value is -1.70. The van der Waals surface area contributed by atoms with E-state index in [-0.39, 0.29) is 48.8 Å². The van der Waals surface area contributed by atoms with E-state index in [0.717, 1.165) is 51.3 Å². The number of nitrogens with one attached hydrogen (secondary N) is 1. The number of piperazine rings is 1. The zero-order valence-corrected chi connectivity index (χ0v) is 17.0. The minimum absolute atomic E-state index is 0. The Morgan fingerprint density at radius 3 is 2.64 bits per heavy atom. The molecule has 1 aromatic rings. The first-order valence-corrected chi connectivity index (χ1v) is 9.83. The predicted octanol–water partition coefficient (Wildman–Crippen LogP) is 1.41. The van der Waals surface area contributed by atoms with Crippen LogP contribution in [-0.4, -0.2) is 73.5 Å². The number of rotatable bonds is 3. The van der Waals surface area contributed by atoms with E-state index in [0.29, 0.717) is 6.04 Å². The number of anilines is 1. The maximum absolute atomic E-state index is 14.3. The van der Waals surface area contributed by atoms with Gasteiger partial charge in [0, 0.05) is 58.3 Å². The number of carbonyl (C=O) groups is 2. The van der Waals surface area contributed by atoms with Crippen molar-refractivity contribution in [3.8, 4) is 0 Å². The molecule has 2 atom stereocenters. The zero-order valence-electron chi connectivity index (χ0n) is 16.2. The van der Waals surface area contributed by atoms with E-state index in [4.69, 9.17) is 0 Å². The Labute approximate surface area is 171 Å². The van der Waals surface area contributed by atoms with Gasteiger partial charge in [-0.05, 0) is 31.0 Å². The first kappa shape index (κ1) is 21.0. The lowest BCUT2D eigenvalue weighted by molar-refractivity contribution is -0.135. The number of benzene rings is 1. The summed E-state index contributed by atoms with van der Waals surface area (Å²) in [5.74, 6) is -0.915. The fraction of sp³-hybridized carbons (Fsp3) is 0.600. The second-order valence-electron chi connectivity index (χ2n) is 7.87. The molecule has 0 aliphatic carbocycles. The highest BCUT2D eigenvalue weighted by Crippen LogP contribution is 2.30. The summed E-state index contributed by atoms with van der Waals surface area (Å²) in [6, 6.07) is 5.26. The van der Waals surface area contributed by atoms with Crippen LogP contribution < -0.4 is 10.2 Å². The normalized spacial score (nSPS) is 25.9. The van der Waals surface area contributed by atoms with E-state index in [1.54, 1.807) is 12.1 Å². The molecule has 3 heterocycles. The van der Waals surface area contributed by atoms with Crippen molar-refractivity contribution in [1.82, 2.24) is 15.1 Å². The summed E-state index contributed by atoms with van der Waals surface area (Å²) in [7, 11) is 0. The van der Waals surface area contributed by atoms with Crippen molar-refractivity contribution >= 4 is 29.9 Å². The van der Waals surface area contributed by atoms with Gasteiger partial charge in [-0.15, -0.1) is 12.4 Å². The van der Waals surface area contributed by atoms with Gasteiger partial charge in [0.2, 0.25) is 11.8 Å². The standard InChI is InChI=1S/C20H27FN4O2.ClH/c1-14-2-3-18(17(21)10-14)25-12-15(11-19(25)26)20(27)24-7-4-16(13-24)23-8-5-22-6-9-23;/h2-3,10,15-16,22H,4-9,11-13H2,1H3;1H. The number of amides is 2. The lowest BCUT2D eigenvalue weighted by Gasteiger charge is -2.32. The van der Waals surface area contributed by atoms with Crippen molar-refractivity contribution in [2.24, 2.45) is 5.92 Å². The molecule has 3 aliphatic heterocycles. The van der Waals surface area contributed by atoms with Gasteiger partial charge >= 0.3 is 0 Å². The number of carbonyl (C=O) groups excluding carboxylic acids is 2. The highest BCUT2D eigenvalue weighted by Gasteiger charge is 2.40. The highest BCUT2D eigenvalue weighted by molar-refractivity contribution is 6.00. The van der Waals surface area contributed by atoms with E-state index >= 15 is 0 Å². The molecule has 6 nitrogen and oxygen atoms in total. The van der Waals surface area contributed by atoms with Gasteiger partial charge in [-0.3, -0.25) is 14.5 Å². The van der Waals surface area contributed by atoms with Gasteiger partial charge in [-0.2, -0.15) is 0 Å². The number of aryl methyl sites for hydroxylation is 1. The first-order chi connectivity index (χ1) is 13.0. The third kappa shape index (κ3) is 4.16. The average Bonchev–Trinajstić information content (AvgIpc) is 3.29. The van der Waals surface area contributed by atoms with Crippen LogP contribution in [0.3, 0.4) is 0 Å². The van der Waals surface area contributed by atoms with Crippen LogP contribution in [0.4, 0.5) is 10.1 Å². The maximum Gasteiger partial charge on any atom is 0.228 e. The smallest absolute Gasteiger partial charge is 0.228 e. The summed E-state index contributed by atoms with van der Waals surface area (Å²) < 4.78 is 14.3. The molecule has 28 heavy (non-hydrogen) atoms. The van der Waals surface area contributed by atoms with Gasteiger partial charge < -0.3 is 15.1 Å². The molecule has 2 unspecified atom stereocenters. The Morgan fingerprint density at radius 2 is 1.93 bits per heavy atom. The molecule has 2 amide bonds. The van der Waals surface area contributed by atoms with E-state index in [1.807, 2.05) is 11.8 Å². The largest absolute Gasteiger partial charge is 0.341 e. The highest BCUT2D eigenvalue weighted by atomic mass is 35.5. The predicted molar refractivity (Wildman–Crippen MR) is 108 cm³/mol. The molecular formula is C20H28ClFN4O2. The number of nitrogens with zero attached hydrogens (tertiary/aromatic N) is 3. The second kappa shape index (κ2) is 8.76. The van der Waals surface area contributed by atoms with Gasteiger partial charge in [0.05, 0.1) is 11.6 Å². The third-order valence-corrected chi connectivity index (χ3v) is 6.01. The summed E-state index contributed by atoms with van der Waals surface area (Å²) in [6.07, 6.45) is 1.16. The molecule has 4 rings (SSSR count). The van der Waals surface area contributed by atoms with Crippen LogP contribution in [0.25, 0.3) is 0 Å². The topological polar surface area (TPSA) is 55.9 Å². The molecule has 0 bridgehead atoms. The number of hydrogen-bond acceptors (Lipinski definition) is 4. The second-order valence-corrected chi connectivity index (χ2v) is 7.87. The molecule has 8 heteroatoms. The molecule has 0 spiro atoms. The number of halogens is 2. The minimum Gasteiger partial charge on any atom is -0.341 e. The van der Waals surface area contributed by atoms with Gasteiger partial charge in [0.15, 0.2) is 0 Å². The summed E-state index contributed by atoms with van der Waals surface area (Å²) in [4.78, 5) is 31.2. The minimum atomic E-state index is -0.406. The molecule has 3 fully saturated rings. The Bertz CT molecular complexity index is 741. The fourth-order valence-electron chi connectivity index (χ4n) is 4.48. The molecule has 0 radical (unpaired) electrons. The average molecular weight is 411 g/mol. The van der Waals surface area contributed by atoms with Crippen LogP contribution in [0, 0.1) is 18.7 Å². The fourth-order valence-corrected chi connectivity index (χ4v) is 4.48. The van der Waals surface area contributed by atoms with Crippen molar-refractivity contribution in [3.63, 3.8) is 0 Å². The number of likely N-dealkylation sites (tertiary alicyclic amines) is 1. The van der Waals surface area contributed by atoms with Crippen molar-refractivity contribution in [3.05, 3.63) is 29.6 Å².